The van der Waals surface area contributed by atoms with Gasteiger partial charge in [-0.1, -0.05) is 23.9 Å². The molecule has 2 nitrogen and oxygen atoms in total. The highest BCUT2D eigenvalue weighted by Crippen LogP contribution is 2.05. The molecule has 0 amide bonds. The van der Waals surface area contributed by atoms with Crippen LogP contribution in [0.2, 0.25) is 0 Å². The molecule has 0 heterocycles. The van der Waals surface area contributed by atoms with Crippen molar-refractivity contribution in [2.75, 3.05) is 5.75 Å². The Hall–Kier alpha value is -0.540. The fourth-order valence-electron chi connectivity index (χ4n) is 0.323. The van der Waals surface area contributed by atoms with Crippen LogP contribution in [-0.2, 0) is 4.79 Å². The molecule has 0 spiro atoms. The maximum atomic E-state index is 10.7. The third-order valence-corrected chi connectivity index (χ3v) is 1.74. The molecule has 0 saturated carbocycles. The van der Waals surface area contributed by atoms with E-state index in [1.165, 1.54) is 6.08 Å². The van der Waals surface area contributed by atoms with Crippen molar-refractivity contribution in [2.24, 2.45) is 0 Å². The monoisotopic (exact) mass is 158 g/mol. The summed E-state index contributed by atoms with van der Waals surface area (Å²) in [5.74, 6) is 0.531. The van der Waals surface area contributed by atoms with Gasteiger partial charge in [-0.05, 0) is 0 Å². The molecule has 0 saturated heterocycles. The van der Waals surface area contributed by atoms with Crippen molar-refractivity contribution in [1.29, 1.82) is 0 Å². The van der Waals surface area contributed by atoms with Crippen LogP contribution >= 0.6 is 11.8 Å². The fourth-order valence-corrected chi connectivity index (χ4v) is 0.872. The van der Waals surface area contributed by atoms with Gasteiger partial charge in [0.1, 0.15) is 6.10 Å². The number of hydrogen-bond acceptors (Lipinski definition) is 3. The van der Waals surface area contributed by atoms with Crippen molar-refractivity contribution < 1.29 is 9.90 Å². The van der Waals surface area contributed by atoms with Crippen LogP contribution in [0.15, 0.2) is 25.3 Å². The largest absolute Gasteiger partial charge is 0.380 e. The van der Waals surface area contributed by atoms with Crippen LogP contribution in [-0.4, -0.2) is 22.1 Å². The lowest BCUT2D eigenvalue weighted by Crippen LogP contribution is -2.13. The molecule has 1 atom stereocenters. The Morgan fingerprint density at radius 1 is 1.70 bits per heavy atom. The Morgan fingerprint density at radius 3 is 2.70 bits per heavy atom. The molecular formula is C7H10O2S. The molecule has 0 radical (unpaired) electrons. The number of aliphatic hydroxyl groups is 1. The molecule has 0 rings (SSSR count). The quantitative estimate of drug-likeness (QED) is 0.620. The van der Waals surface area contributed by atoms with Crippen LogP contribution in [0.5, 0.6) is 0 Å². The summed E-state index contributed by atoms with van der Waals surface area (Å²) < 4.78 is 0. The van der Waals surface area contributed by atoms with Gasteiger partial charge in [-0.15, -0.1) is 13.2 Å². The molecule has 1 N–H and O–H groups in total. The van der Waals surface area contributed by atoms with Gasteiger partial charge in [0.2, 0.25) is 5.12 Å². The smallest absolute Gasteiger partial charge is 0.221 e. The van der Waals surface area contributed by atoms with E-state index in [0.717, 1.165) is 11.8 Å². The molecule has 0 aromatic heterocycles. The first-order valence-corrected chi connectivity index (χ1v) is 3.79. The number of carbonyl (C=O) groups excluding carboxylic acids is 1. The fraction of sp³-hybridized carbons (Fsp3) is 0.286. The van der Waals surface area contributed by atoms with Gasteiger partial charge < -0.3 is 5.11 Å². The summed E-state index contributed by atoms with van der Waals surface area (Å²) in [6.45, 7) is 6.72. The summed E-state index contributed by atoms with van der Waals surface area (Å²) in [7, 11) is 0. The first-order chi connectivity index (χ1) is 4.72. The van der Waals surface area contributed by atoms with Crippen LogP contribution in [0, 0.1) is 0 Å². The van der Waals surface area contributed by atoms with Crippen LogP contribution in [0.1, 0.15) is 0 Å². The minimum Gasteiger partial charge on any atom is -0.380 e. The van der Waals surface area contributed by atoms with Crippen molar-refractivity contribution in [3.05, 3.63) is 25.3 Å². The summed E-state index contributed by atoms with van der Waals surface area (Å²) in [6.07, 6.45) is 1.78. The minimum absolute atomic E-state index is 0.282. The van der Waals surface area contributed by atoms with Crippen molar-refractivity contribution in [3.63, 3.8) is 0 Å². The molecule has 56 valence electrons. The van der Waals surface area contributed by atoms with Crippen LogP contribution in [0.4, 0.5) is 0 Å². The normalized spacial score (nSPS) is 12.1. The van der Waals surface area contributed by atoms with E-state index in [9.17, 15) is 4.79 Å². The average molecular weight is 158 g/mol. The first kappa shape index (κ1) is 9.46. The number of thioether (sulfide) groups is 1. The summed E-state index contributed by atoms with van der Waals surface area (Å²) in [6, 6.07) is 0. The zero-order valence-corrected chi connectivity index (χ0v) is 6.43. The Labute approximate surface area is 64.6 Å². The summed E-state index contributed by atoms with van der Waals surface area (Å²) >= 11 is 1.03. The second-order valence-electron chi connectivity index (χ2n) is 1.60. The summed E-state index contributed by atoms with van der Waals surface area (Å²) in [5, 5.41) is 8.55. The van der Waals surface area contributed by atoms with Crippen molar-refractivity contribution >= 4 is 16.9 Å². The van der Waals surface area contributed by atoms with E-state index in [1.807, 2.05) is 0 Å². The third kappa shape index (κ3) is 3.48. The SMILES string of the molecule is C=CCSC(=O)C(O)C=C. The van der Waals surface area contributed by atoms with Gasteiger partial charge in [0.05, 0.1) is 0 Å². The van der Waals surface area contributed by atoms with Gasteiger partial charge in [0.25, 0.3) is 0 Å². The molecule has 0 fully saturated rings. The molecule has 0 aliphatic rings. The lowest BCUT2D eigenvalue weighted by molar-refractivity contribution is -0.116. The van der Waals surface area contributed by atoms with E-state index < -0.39 is 6.10 Å². The van der Waals surface area contributed by atoms with E-state index in [4.69, 9.17) is 5.11 Å². The minimum atomic E-state index is -1.04. The maximum Gasteiger partial charge on any atom is 0.221 e. The zero-order valence-electron chi connectivity index (χ0n) is 5.62. The molecule has 0 aliphatic heterocycles. The highest BCUT2D eigenvalue weighted by molar-refractivity contribution is 8.13. The lowest BCUT2D eigenvalue weighted by Gasteiger charge is -1.99. The van der Waals surface area contributed by atoms with Gasteiger partial charge in [0.15, 0.2) is 0 Å². The Balaban J connectivity index is 3.61. The Morgan fingerprint density at radius 2 is 2.30 bits per heavy atom. The molecule has 3 heteroatoms. The first-order valence-electron chi connectivity index (χ1n) is 2.80. The van der Waals surface area contributed by atoms with Crippen LogP contribution < -0.4 is 0 Å². The number of aliphatic hydroxyl groups excluding tert-OH is 1. The van der Waals surface area contributed by atoms with E-state index in [2.05, 4.69) is 13.2 Å². The molecule has 0 aromatic rings. The topological polar surface area (TPSA) is 37.3 Å². The summed E-state index contributed by atoms with van der Waals surface area (Å²) in [5.41, 5.74) is 0. The third-order valence-electron chi connectivity index (χ3n) is 0.808. The molecular weight excluding hydrogens is 148 g/mol. The molecule has 0 bridgehead atoms. The number of rotatable bonds is 4. The van der Waals surface area contributed by atoms with Gasteiger partial charge in [-0.3, -0.25) is 4.79 Å². The summed E-state index contributed by atoms with van der Waals surface area (Å²) in [4.78, 5) is 10.7. The molecule has 0 aromatic carbocycles. The highest BCUT2D eigenvalue weighted by atomic mass is 32.2. The van der Waals surface area contributed by atoms with Gasteiger partial charge >= 0.3 is 0 Å². The zero-order chi connectivity index (χ0) is 7.98. The van der Waals surface area contributed by atoms with Gasteiger partial charge in [-0.2, -0.15) is 0 Å². The van der Waals surface area contributed by atoms with Crippen molar-refractivity contribution in [1.82, 2.24) is 0 Å². The predicted octanol–water partition coefficient (Wildman–Crippen LogP) is 0.979. The maximum absolute atomic E-state index is 10.7. The van der Waals surface area contributed by atoms with Crippen LogP contribution in [0.25, 0.3) is 0 Å². The standard InChI is InChI=1S/C7H10O2S/c1-3-5-10-7(9)6(8)4-2/h3-4,6,8H,1-2,5H2. The van der Waals surface area contributed by atoms with Crippen molar-refractivity contribution in [2.45, 2.75) is 6.10 Å². The van der Waals surface area contributed by atoms with Gasteiger partial charge in [-0.25, -0.2) is 0 Å². The lowest BCUT2D eigenvalue weighted by atomic mass is 10.4. The Bertz CT molecular complexity index is 143. The number of carbonyl (C=O) groups is 1. The number of hydrogen-bond donors (Lipinski definition) is 1. The second-order valence-corrected chi connectivity index (χ2v) is 2.62. The predicted molar refractivity (Wildman–Crippen MR) is 43.9 cm³/mol. The van der Waals surface area contributed by atoms with Gasteiger partial charge in [0, 0.05) is 5.75 Å². The van der Waals surface area contributed by atoms with Crippen LogP contribution in [0.3, 0.4) is 0 Å². The second kappa shape index (κ2) is 5.26. The van der Waals surface area contributed by atoms with E-state index in [1.54, 1.807) is 6.08 Å². The molecule has 0 aliphatic carbocycles. The van der Waals surface area contributed by atoms with E-state index >= 15 is 0 Å². The Kier molecular flexibility index (Phi) is 4.98. The van der Waals surface area contributed by atoms with E-state index in [0.29, 0.717) is 5.75 Å². The van der Waals surface area contributed by atoms with Crippen molar-refractivity contribution in [3.8, 4) is 0 Å². The average Bonchev–Trinajstić information content (AvgIpc) is 1.98. The molecule has 10 heavy (non-hydrogen) atoms. The molecule has 1 unspecified atom stereocenters. The van der Waals surface area contributed by atoms with E-state index in [-0.39, 0.29) is 5.12 Å². The highest BCUT2D eigenvalue weighted by Gasteiger charge is 2.09.